The Labute approximate surface area is 186 Å². The molecule has 0 radical (unpaired) electrons. The highest BCUT2D eigenvalue weighted by Gasteiger charge is 2.34. The van der Waals surface area contributed by atoms with E-state index in [9.17, 15) is 9.59 Å². The Morgan fingerprint density at radius 2 is 2.00 bits per heavy atom. The Bertz CT molecular complexity index is 1040. The van der Waals surface area contributed by atoms with E-state index in [0.717, 1.165) is 11.8 Å². The average molecular weight is 470 g/mol. The van der Waals surface area contributed by atoms with E-state index in [1.807, 2.05) is 0 Å². The molecular formula is C19H13Cl2NO5S2. The number of thioether (sulfide) groups is 1. The molecule has 10 heteroatoms. The van der Waals surface area contributed by atoms with E-state index in [1.54, 1.807) is 42.5 Å². The van der Waals surface area contributed by atoms with Crippen LogP contribution in [-0.2, 0) is 9.59 Å². The van der Waals surface area contributed by atoms with Crippen LogP contribution in [0.2, 0.25) is 10.0 Å². The van der Waals surface area contributed by atoms with Crippen molar-refractivity contribution in [3.63, 3.8) is 0 Å². The minimum atomic E-state index is -1.10. The molecule has 2 aromatic rings. The molecule has 0 saturated carbocycles. The number of methoxy groups -OCH3 is 1. The second-order valence-corrected chi connectivity index (χ2v) is 8.22. The van der Waals surface area contributed by atoms with Crippen LogP contribution in [0.5, 0.6) is 11.5 Å². The monoisotopic (exact) mass is 469 g/mol. The summed E-state index contributed by atoms with van der Waals surface area (Å²) < 4.78 is 10.8. The number of hydrogen-bond acceptors (Lipinski definition) is 6. The lowest BCUT2D eigenvalue weighted by atomic mass is 10.2. The molecule has 0 spiro atoms. The molecule has 29 heavy (non-hydrogen) atoms. The second-order valence-electron chi connectivity index (χ2n) is 5.71. The van der Waals surface area contributed by atoms with Gasteiger partial charge in [-0.25, -0.2) is 4.79 Å². The molecule has 6 nitrogen and oxygen atoms in total. The first kappa shape index (κ1) is 21.4. The number of benzene rings is 2. The number of rotatable bonds is 6. The lowest BCUT2D eigenvalue weighted by Crippen LogP contribution is -2.27. The van der Waals surface area contributed by atoms with Gasteiger partial charge in [0.2, 0.25) is 0 Å². The summed E-state index contributed by atoms with van der Waals surface area (Å²) in [5.74, 6) is -0.779. The maximum Gasteiger partial charge on any atom is 0.341 e. The molecule has 1 aliphatic rings. The lowest BCUT2D eigenvalue weighted by Gasteiger charge is -2.16. The summed E-state index contributed by atoms with van der Waals surface area (Å²) in [5.41, 5.74) is 1.11. The topological polar surface area (TPSA) is 76.1 Å². The van der Waals surface area contributed by atoms with Crippen LogP contribution in [0.15, 0.2) is 41.3 Å². The summed E-state index contributed by atoms with van der Waals surface area (Å²) in [6.07, 6.45) is 1.66. The first-order valence-electron chi connectivity index (χ1n) is 8.06. The highest BCUT2D eigenvalue weighted by atomic mass is 35.5. The molecule has 1 N–H and O–H groups in total. The quantitative estimate of drug-likeness (QED) is 0.477. The number of carboxylic acid groups (broad SMARTS) is 1. The zero-order valence-electron chi connectivity index (χ0n) is 14.8. The minimum Gasteiger partial charge on any atom is -0.493 e. The van der Waals surface area contributed by atoms with Gasteiger partial charge in [0.1, 0.15) is 0 Å². The molecule has 0 atom stereocenters. The van der Waals surface area contributed by atoms with Crippen LogP contribution < -0.4 is 14.4 Å². The zero-order valence-corrected chi connectivity index (χ0v) is 18.0. The fourth-order valence-corrected chi connectivity index (χ4v) is 4.30. The molecule has 0 unspecified atom stereocenters. The number of carbonyl (C=O) groups is 2. The number of nitrogens with zero attached hydrogens (tertiary/aromatic N) is 1. The van der Waals surface area contributed by atoms with Crippen molar-refractivity contribution >= 4 is 75.1 Å². The Hall–Kier alpha value is -2.26. The SMILES string of the molecule is COc1cc(/C=C2\SC(=S)N(c3ccc(Cl)cc3Cl)C2=O)ccc1OCC(=O)O. The largest absolute Gasteiger partial charge is 0.493 e. The van der Waals surface area contributed by atoms with Crippen LogP contribution in [0, 0.1) is 0 Å². The van der Waals surface area contributed by atoms with Crippen molar-refractivity contribution in [2.45, 2.75) is 0 Å². The van der Waals surface area contributed by atoms with Crippen LogP contribution in [0.1, 0.15) is 5.56 Å². The average Bonchev–Trinajstić information content (AvgIpc) is 2.94. The van der Waals surface area contributed by atoms with Gasteiger partial charge in [-0.15, -0.1) is 0 Å². The lowest BCUT2D eigenvalue weighted by molar-refractivity contribution is -0.139. The normalized spacial score (nSPS) is 15.1. The van der Waals surface area contributed by atoms with Crippen LogP contribution in [0.3, 0.4) is 0 Å². The molecule has 0 bridgehead atoms. The molecule has 1 amide bonds. The third kappa shape index (κ3) is 4.84. The maximum atomic E-state index is 12.9. The second kappa shape index (κ2) is 9.04. The van der Waals surface area contributed by atoms with E-state index in [4.69, 9.17) is 50.0 Å². The Balaban J connectivity index is 1.88. The van der Waals surface area contributed by atoms with E-state index < -0.39 is 12.6 Å². The summed E-state index contributed by atoms with van der Waals surface area (Å²) in [7, 11) is 1.44. The smallest absolute Gasteiger partial charge is 0.341 e. The predicted molar refractivity (Wildman–Crippen MR) is 118 cm³/mol. The van der Waals surface area contributed by atoms with Gasteiger partial charge in [0.05, 0.1) is 22.7 Å². The highest BCUT2D eigenvalue weighted by molar-refractivity contribution is 8.27. The van der Waals surface area contributed by atoms with Gasteiger partial charge < -0.3 is 14.6 Å². The van der Waals surface area contributed by atoms with Gasteiger partial charge in [0, 0.05) is 5.02 Å². The van der Waals surface area contributed by atoms with Gasteiger partial charge in [-0.3, -0.25) is 9.69 Å². The van der Waals surface area contributed by atoms with Gasteiger partial charge in [0.25, 0.3) is 5.91 Å². The van der Waals surface area contributed by atoms with Crippen LogP contribution in [0.4, 0.5) is 5.69 Å². The van der Waals surface area contributed by atoms with E-state index in [0.29, 0.717) is 36.3 Å². The molecule has 1 fully saturated rings. The number of hydrogen-bond donors (Lipinski definition) is 1. The third-order valence-corrected chi connectivity index (χ3v) is 5.62. The highest BCUT2D eigenvalue weighted by Crippen LogP contribution is 2.40. The molecule has 0 aromatic heterocycles. The first-order valence-corrected chi connectivity index (χ1v) is 10.0. The van der Waals surface area contributed by atoms with Crippen molar-refractivity contribution in [1.82, 2.24) is 0 Å². The molecule has 0 aliphatic carbocycles. The van der Waals surface area contributed by atoms with Crippen molar-refractivity contribution < 1.29 is 24.2 Å². The predicted octanol–water partition coefficient (Wildman–Crippen LogP) is 4.87. The number of halogens is 2. The summed E-state index contributed by atoms with van der Waals surface area (Å²) in [6, 6.07) is 9.70. The van der Waals surface area contributed by atoms with Crippen molar-refractivity contribution in [1.29, 1.82) is 0 Å². The number of ether oxygens (including phenoxy) is 2. The van der Waals surface area contributed by atoms with Crippen LogP contribution in [-0.4, -0.2) is 35.0 Å². The van der Waals surface area contributed by atoms with Crippen LogP contribution in [0.25, 0.3) is 6.08 Å². The fraction of sp³-hybridized carbons (Fsp3) is 0.105. The number of aliphatic carboxylic acids is 1. The summed E-state index contributed by atoms with van der Waals surface area (Å²) in [6.45, 7) is -0.490. The summed E-state index contributed by atoms with van der Waals surface area (Å²) >= 11 is 18.6. The van der Waals surface area contributed by atoms with Crippen molar-refractivity contribution in [2.24, 2.45) is 0 Å². The van der Waals surface area contributed by atoms with E-state index in [2.05, 4.69) is 0 Å². The molecule has 1 aliphatic heterocycles. The third-order valence-electron chi connectivity index (χ3n) is 3.78. The molecule has 3 rings (SSSR count). The number of carboxylic acids is 1. The summed E-state index contributed by atoms with van der Waals surface area (Å²) in [5, 5.41) is 9.51. The van der Waals surface area contributed by atoms with Crippen molar-refractivity contribution in [3.05, 3.63) is 56.9 Å². The van der Waals surface area contributed by atoms with Gasteiger partial charge >= 0.3 is 5.97 Å². The van der Waals surface area contributed by atoms with Crippen LogP contribution >= 0.6 is 47.2 Å². The number of amides is 1. The van der Waals surface area contributed by atoms with Gasteiger partial charge in [-0.05, 0) is 42.0 Å². The molecule has 1 heterocycles. The molecular weight excluding hydrogens is 457 g/mol. The van der Waals surface area contributed by atoms with E-state index in [-0.39, 0.29) is 11.7 Å². The Morgan fingerprint density at radius 1 is 1.24 bits per heavy atom. The van der Waals surface area contributed by atoms with Gasteiger partial charge in [0.15, 0.2) is 22.4 Å². The molecule has 1 saturated heterocycles. The van der Waals surface area contributed by atoms with Crippen molar-refractivity contribution in [3.8, 4) is 11.5 Å². The molecule has 2 aromatic carbocycles. The number of thiocarbonyl (C=S) groups is 1. The van der Waals surface area contributed by atoms with Gasteiger partial charge in [-0.2, -0.15) is 0 Å². The van der Waals surface area contributed by atoms with Gasteiger partial charge in [-0.1, -0.05) is 53.2 Å². The number of carbonyl (C=O) groups excluding carboxylic acids is 1. The Morgan fingerprint density at radius 3 is 2.66 bits per heavy atom. The maximum absolute atomic E-state index is 12.9. The molecule has 150 valence electrons. The van der Waals surface area contributed by atoms with E-state index >= 15 is 0 Å². The first-order chi connectivity index (χ1) is 13.8. The fourth-order valence-electron chi connectivity index (χ4n) is 2.52. The zero-order chi connectivity index (χ0) is 21.1. The standard InChI is InChI=1S/C19H13Cl2NO5S2/c1-26-15-6-10(2-5-14(15)27-9-17(23)24)7-16-18(25)22(19(28)29-16)13-4-3-11(20)8-12(13)21/h2-8H,9H2,1H3,(H,23,24)/b16-7-. The van der Waals surface area contributed by atoms with Crippen molar-refractivity contribution in [2.75, 3.05) is 18.6 Å². The minimum absolute atomic E-state index is 0.285. The summed E-state index contributed by atoms with van der Waals surface area (Å²) in [4.78, 5) is 25.3. The Kier molecular flexibility index (Phi) is 6.69. The van der Waals surface area contributed by atoms with E-state index in [1.165, 1.54) is 12.0 Å². The number of anilines is 1.